The maximum atomic E-state index is 14.2. The Morgan fingerprint density at radius 1 is 0.867 bits per heavy atom. The number of halogens is 11. The van der Waals surface area contributed by atoms with Crippen LogP contribution in [0.25, 0.3) is 0 Å². The quantitative estimate of drug-likeness (QED) is 0.0932. The van der Waals surface area contributed by atoms with Gasteiger partial charge in [-0.1, -0.05) is 23.7 Å². The van der Waals surface area contributed by atoms with Crippen LogP contribution in [0.4, 0.5) is 72.7 Å². The number of aromatic nitrogens is 3. The molecular weight excluding hydrogens is 868 g/mol. The molecule has 3 N–H and O–H groups in total. The van der Waals surface area contributed by atoms with Crippen molar-refractivity contribution in [3.63, 3.8) is 0 Å². The predicted octanol–water partition coefficient (Wildman–Crippen LogP) is 8.15. The molecule has 24 heteroatoms. The minimum atomic E-state index is -5.77. The van der Waals surface area contributed by atoms with E-state index in [0.717, 1.165) is 66.8 Å². The molecule has 4 heterocycles. The monoisotopic (exact) mass is 899 g/mol. The maximum Gasteiger partial charge on any atom is 0.458 e. The van der Waals surface area contributed by atoms with Crippen LogP contribution in [-0.2, 0) is 37.2 Å². The number of ketones is 2. The summed E-state index contributed by atoms with van der Waals surface area (Å²) < 4.78 is 140. The summed E-state index contributed by atoms with van der Waals surface area (Å²) in [5.74, 6) is -6.21. The molecule has 6 bridgehead atoms. The molecule has 0 spiro atoms. The number of hydrogen-bond donors (Lipinski definition) is 3. The fourth-order valence-electron chi connectivity index (χ4n) is 5.70. The third-order valence-electron chi connectivity index (χ3n) is 8.60. The first-order valence-corrected chi connectivity index (χ1v) is 19.2. The molecule has 2 aromatic carbocycles. The van der Waals surface area contributed by atoms with Gasteiger partial charge in [-0.05, 0) is 85.5 Å². The summed E-state index contributed by atoms with van der Waals surface area (Å²) in [6.07, 6.45) is -8.09. The van der Waals surface area contributed by atoms with Crippen LogP contribution >= 0.6 is 11.6 Å². The number of pyridine rings is 1. The molecule has 1 fully saturated rings. The van der Waals surface area contributed by atoms with E-state index in [2.05, 4.69) is 43.0 Å². The molecule has 4 aromatic rings. The van der Waals surface area contributed by atoms with Crippen LogP contribution in [0, 0.1) is 11.7 Å². The summed E-state index contributed by atoms with van der Waals surface area (Å²) in [5, 5.41) is 10.5. The van der Waals surface area contributed by atoms with E-state index < -0.39 is 52.2 Å². The molecule has 6 rings (SSSR count). The number of carbonyl (C=O) groups is 3. The largest absolute Gasteiger partial charge is 0.458 e. The van der Waals surface area contributed by atoms with E-state index in [-0.39, 0.29) is 4.90 Å². The number of rotatable bonds is 7. The standard InChI is InChI=1S/C30H31ClFN7O2S.C4F6O2.C2HF3O/c31-25-19-35-30-37-24-15-21(17-33-18-24)5-6-22-16-23(36-29(25)38-30)7-8-27(22)34-12-9-20-10-13-39(14-11-20)42(40,41)28-4-2-1-3-26(28)32;5-3(6,7)1(11)2(12)4(8,9)10;3-2(4,5)1-6/h1-4,7-8,15-20,34H,5-6,9-14H2,(H2,35,36,37,38);;1H. The van der Waals surface area contributed by atoms with Crippen LogP contribution in [0.2, 0.25) is 5.02 Å². The van der Waals surface area contributed by atoms with Gasteiger partial charge < -0.3 is 16.0 Å². The van der Waals surface area contributed by atoms with Crippen LogP contribution in [0.15, 0.2) is 72.0 Å². The van der Waals surface area contributed by atoms with Gasteiger partial charge in [-0.2, -0.15) is 48.8 Å². The van der Waals surface area contributed by atoms with E-state index in [1.54, 1.807) is 18.5 Å². The molecule has 0 saturated carbocycles. The third-order valence-corrected chi connectivity index (χ3v) is 10.8. The molecule has 2 aliphatic rings. The molecule has 2 aromatic heterocycles. The van der Waals surface area contributed by atoms with Gasteiger partial charge in [0.1, 0.15) is 15.7 Å². The molecule has 0 atom stereocenters. The number of hydrogen-bond acceptors (Lipinski definition) is 11. The molecule has 0 radical (unpaired) electrons. The number of piperidine rings is 1. The van der Waals surface area contributed by atoms with Crippen molar-refractivity contribution in [3.8, 4) is 0 Å². The van der Waals surface area contributed by atoms with Gasteiger partial charge in [0.2, 0.25) is 22.3 Å². The second-order valence-corrected chi connectivity index (χ2v) is 15.2. The van der Waals surface area contributed by atoms with Gasteiger partial charge >= 0.3 is 30.1 Å². The highest BCUT2D eigenvalue weighted by Crippen LogP contribution is 2.31. The van der Waals surface area contributed by atoms with Gasteiger partial charge in [-0.15, -0.1) is 0 Å². The third kappa shape index (κ3) is 13.6. The van der Waals surface area contributed by atoms with Crippen LogP contribution in [0.5, 0.6) is 0 Å². The van der Waals surface area contributed by atoms with E-state index in [9.17, 15) is 61.9 Å². The van der Waals surface area contributed by atoms with Gasteiger partial charge in [0.25, 0.3) is 0 Å². The smallest absolute Gasteiger partial charge is 0.385 e. The number of anilines is 5. The van der Waals surface area contributed by atoms with E-state index >= 15 is 0 Å². The summed E-state index contributed by atoms with van der Waals surface area (Å²) in [7, 11) is -3.83. The van der Waals surface area contributed by atoms with Crippen molar-refractivity contribution in [3.05, 3.63) is 89.1 Å². The van der Waals surface area contributed by atoms with E-state index in [1.165, 1.54) is 22.5 Å². The number of Topliss-reactive ketones (excluding diaryl/α,β-unsaturated/α-hetero) is 2. The fourth-order valence-corrected chi connectivity index (χ4v) is 7.38. The minimum absolute atomic E-state index is 0.251. The molecule has 12 nitrogen and oxygen atoms in total. The molecule has 60 heavy (non-hydrogen) atoms. The summed E-state index contributed by atoms with van der Waals surface area (Å²) in [5.41, 5.74) is 4.96. The van der Waals surface area contributed by atoms with E-state index in [4.69, 9.17) is 16.4 Å². The summed E-state index contributed by atoms with van der Waals surface area (Å²) in [6.45, 7) is 1.54. The lowest BCUT2D eigenvalue weighted by Gasteiger charge is -2.31. The van der Waals surface area contributed by atoms with Crippen LogP contribution in [0.1, 0.15) is 30.4 Å². The molecule has 324 valence electrons. The molecule has 0 unspecified atom stereocenters. The van der Waals surface area contributed by atoms with E-state index in [1.807, 2.05) is 18.3 Å². The van der Waals surface area contributed by atoms with Gasteiger partial charge in [0, 0.05) is 37.2 Å². The Morgan fingerprint density at radius 3 is 2.10 bits per heavy atom. The zero-order chi connectivity index (χ0) is 44.5. The van der Waals surface area contributed by atoms with Gasteiger partial charge in [-0.3, -0.25) is 19.4 Å². The lowest BCUT2D eigenvalue weighted by Crippen LogP contribution is -2.39. The maximum absolute atomic E-state index is 14.2. The van der Waals surface area contributed by atoms with Crippen LogP contribution in [-0.4, -0.2) is 83.7 Å². The minimum Gasteiger partial charge on any atom is -0.385 e. The van der Waals surface area contributed by atoms with Crippen LogP contribution < -0.4 is 16.0 Å². The number of aryl methyl sites for hydroxylation is 2. The number of sulfonamides is 1. The number of nitrogens with zero attached hydrogens (tertiary/aromatic N) is 4. The lowest BCUT2D eigenvalue weighted by atomic mass is 9.94. The SMILES string of the molecule is O=C(C(=O)C(F)(F)F)C(F)(F)F.O=CC(F)(F)F.O=S(=O)(c1ccccc1F)N1CCC(CCNc2ccc3cc2CCc2cncc(c2)Nc2ncc(Cl)c(n2)N3)CC1. The number of fused-ring (bicyclic) bond motifs is 6. The van der Waals surface area contributed by atoms with Gasteiger partial charge in [0.15, 0.2) is 5.82 Å². The summed E-state index contributed by atoms with van der Waals surface area (Å²) >= 11 is 6.39. The Balaban J connectivity index is 0.000000370. The Labute approximate surface area is 339 Å². The zero-order valence-electron chi connectivity index (χ0n) is 30.6. The first-order chi connectivity index (χ1) is 28.0. The molecule has 0 aliphatic carbocycles. The summed E-state index contributed by atoms with van der Waals surface area (Å²) in [4.78, 5) is 40.9. The average Bonchev–Trinajstić information content (AvgIpc) is 3.18. The van der Waals surface area contributed by atoms with E-state index in [0.29, 0.717) is 35.8 Å². The number of alkyl halides is 9. The highest BCUT2D eigenvalue weighted by Gasteiger charge is 2.54. The number of nitrogens with one attached hydrogen (secondary N) is 3. The molecule has 2 aliphatic heterocycles. The van der Waals surface area contributed by atoms with Crippen molar-refractivity contribution < 1.29 is 66.7 Å². The normalized spacial score (nSPS) is 14.8. The molecular formula is C36H32ClF10N7O5S. The predicted molar refractivity (Wildman–Crippen MR) is 197 cm³/mol. The number of aldehydes is 1. The number of benzene rings is 2. The van der Waals surface area contributed by atoms with Crippen molar-refractivity contribution in [2.75, 3.05) is 35.6 Å². The topological polar surface area (TPSA) is 163 Å². The van der Waals surface area contributed by atoms with Crippen LogP contribution in [0.3, 0.4) is 0 Å². The van der Waals surface area contributed by atoms with Gasteiger partial charge in [0.05, 0.1) is 18.1 Å². The fraction of sp³-hybridized carbons (Fsp3) is 0.333. The second kappa shape index (κ2) is 19.8. The lowest BCUT2D eigenvalue weighted by molar-refractivity contribution is -0.193. The Bertz CT molecular complexity index is 2250. The van der Waals surface area contributed by atoms with Crippen molar-refractivity contribution in [1.82, 2.24) is 19.3 Å². The second-order valence-electron chi connectivity index (χ2n) is 12.9. The Morgan fingerprint density at radius 2 is 1.50 bits per heavy atom. The first-order valence-electron chi connectivity index (χ1n) is 17.4. The van der Waals surface area contributed by atoms with Crippen molar-refractivity contribution >= 4 is 68.3 Å². The highest BCUT2D eigenvalue weighted by atomic mass is 35.5. The Hall–Kier alpha value is -5.42. The Kier molecular flexibility index (Phi) is 15.6. The zero-order valence-corrected chi connectivity index (χ0v) is 32.1. The van der Waals surface area contributed by atoms with Crippen molar-refractivity contribution in [2.24, 2.45) is 5.92 Å². The average molecular weight is 900 g/mol. The first kappa shape index (κ1) is 47.3. The van der Waals surface area contributed by atoms with Crippen molar-refractivity contribution in [2.45, 2.75) is 55.5 Å². The highest BCUT2D eigenvalue weighted by molar-refractivity contribution is 7.89. The molecule has 0 amide bonds. The number of carbonyl (C=O) groups excluding carboxylic acids is 3. The summed E-state index contributed by atoms with van der Waals surface area (Å²) in [6, 6.07) is 13.8. The molecule has 1 saturated heterocycles. The van der Waals surface area contributed by atoms with Crippen molar-refractivity contribution in [1.29, 1.82) is 0 Å². The van der Waals surface area contributed by atoms with Gasteiger partial charge in [-0.25, -0.2) is 17.8 Å².